The van der Waals surface area contributed by atoms with Crippen molar-refractivity contribution in [2.45, 2.75) is 64.6 Å². The van der Waals surface area contributed by atoms with Crippen LogP contribution in [-0.4, -0.2) is 54.5 Å². The highest BCUT2D eigenvalue weighted by Crippen LogP contribution is 2.30. The zero-order chi connectivity index (χ0) is 20.4. The molecule has 2 aromatic rings. The molecule has 0 radical (unpaired) electrons. The van der Waals surface area contributed by atoms with Gasteiger partial charge in [0, 0.05) is 63.6 Å². The van der Waals surface area contributed by atoms with E-state index in [4.69, 9.17) is 4.98 Å². The van der Waals surface area contributed by atoms with Crippen LogP contribution in [0.3, 0.4) is 0 Å². The number of aromatic nitrogens is 4. The van der Waals surface area contributed by atoms with Crippen LogP contribution >= 0.6 is 0 Å². The first-order chi connectivity index (χ1) is 14.0. The number of amides is 2. The Balaban J connectivity index is 1.44. The predicted octanol–water partition coefficient (Wildman–Crippen LogP) is 2.28. The summed E-state index contributed by atoms with van der Waals surface area (Å²) < 4.78 is 1.82. The molecular formula is C21H28N6O2. The van der Waals surface area contributed by atoms with E-state index < -0.39 is 0 Å². The predicted molar refractivity (Wildman–Crippen MR) is 107 cm³/mol. The summed E-state index contributed by atoms with van der Waals surface area (Å²) in [5.74, 6) is 0.947. The molecule has 0 aromatic carbocycles. The van der Waals surface area contributed by atoms with Gasteiger partial charge in [-0.05, 0) is 32.3 Å². The van der Waals surface area contributed by atoms with Crippen LogP contribution in [-0.2, 0) is 22.6 Å². The van der Waals surface area contributed by atoms with Gasteiger partial charge in [-0.25, -0.2) is 9.97 Å². The number of nitrogens with zero attached hydrogens (tertiary/aromatic N) is 6. The third kappa shape index (κ3) is 4.16. The van der Waals surface area contributed by atoms with Gasteiger partial charge in [0.15, 0.2) is 5.82 Å². The molecule has 4 rings (SSSR count). The molecule has 0 saturated carbocycles. The smallest absolute Gasteiger partial charge is 0.225 e. The SMILES string of the molecule is CC(=O)N1CCCC[C@H]1c1ncc2c(n1)CCN(C(=O)C[C@@H](C)n1cccn1)C2. The minimum Gasteiger partial charge on any atom is -0.338 e. The number of carbonyl (C=O) groups excluding carboxylic acids is 2. The van der Waals surface area contributed by atoms with Gasteiger partial charge in [-0.15, -0.1) is 0 Å². The molecule has 0 unspecified atom stereocenters. The maximum Gasteiger partial charge on any atom is 0.225 e. The molecule has 8 nitrogen and oxygen atoms in total. The van der Waals surface area contributed by atoms with Crippen molar-refractivity contribution in [2.75, 3.05) is 13.1 Å². The zero-order valence-corrected chi connectivity index (χ0v) is 17.1. The molecule has 1 fully saturated rings. The first-order valence-corrected chi connectivity index (χ1v) is 10.4. The van der Waals surface area contributed by atoms with E-state index in [-0.39, 0.29) is 23.9 Å². The maximum atomic E-state index is 12.7. The van der Waals surface area contributed by atoms with Crippen LogP contribution in [0.25, 0.3) is 0 Å². The molecule has 2 aliphatic heterocycles. The molecule has 1 saturated heterocycles. The van der Waals surface area contributed by atoms with E-state index >= 15 is 0 Å². The van der Waals surface area contributed by atoms with Gasteiger partial charge in [-0.1, -0.05) is 0 Å². The molecular weight excluding hydrogens is 368 g/mol. The highest BCUT2D eigenvalue weighted by atomic mass is 16.2. The standard InChI is InChI=1S/C21H28N6O2/c1-15(27-10-5-8-23-27)12-20(29)25-11-7-18-17(14-25)13-22-21(24-18)19-6-3-4-9-26(19)16(2)28/h5,8,10,13,15,19H,3-4,6-7,9,11-12,14H2,1-2H3/t15-,19+/m1/s1. The van der Waals surface area contributed by atoms with E-state index in [0.29, 0.717) is 19.5 Å². The number of hydrogen-bond acceptors (Lipinski definition) is 5. The zero-order valence-electron chi connectivity index (χ0n) is 17.1. The molecule has 29 heavy (non-hydrogen) atoms. The van der Waals surface area contributed by atoms with Crippen LogP contribution < -0.4 is 0 Å². The molecule has 2 amide bonds. The fourth-order valence-corrected chi connectivity index (χ4v) is 4.30. The van der Waals surface area contributed by atoms with Crippen molar-refractivity contribution < 1.29 is 9.59 Å². The summed E-state index contributed by atoms with van der Waals surface area (Å²) >= 11 is 0. The largest absolute Gasteiger partial charge is 0.338 e. The number of fused-ring (bicyclic) bond motifs is 1. The summed E-state index contributed by atoms with van der Waals surface area (Å²) in [6.45, 7) is 5.60. The van der Waals surface area contributed by atoms with Gasteiger partial charge in [0.25, 0.3) is 0 Å². The lowest BCUT2D eigenvalue weighted by atomic mass is 10.00. The molecule has 8 heteroatoms. The van der Waals surface area contributed by atoms with Crippen molar-refractivity contribution in [3.8, 4) is 0 Å². The Bertz CT molecular complexity index is 881. The van der Waals surface area contributed by atoms with Crippen molar-refractivity contribution in [2.24, 2.45) is 0 Å². The van der Waals surface area contributed by atoms with E-state index in [1.165, 1.54) is 0 Å². The quantitative estimate of drug-likeness (QED) is 0.792. The molecule has 154 valence electrons. The average Bonchev–Trinajstić information content (AvgIpc) is 3.28. The van der Waals surface area contributed by atoms with Crippen molar-refractivity contribution >= 4 is 11.8 Å². The minimum atomic E-state index is -0.0267. The van der Waals surface area contributed by atoms with E-state index in [9.17, 15) is 9.59 Å². The lowest BCUT2D eigenvalue weighted by molar-refractivity contribution is -0.133. The number of rotatable bonds is 4. The van der Waals surface area contributed by atoms with Crippen molar-refractivity contribution in [3.63, 3.8) is 0 Å². The number of likely N-dealkylation sites (tertiary alicyclic amines) is 1. The van der Waals surface area contributed by atoms with Crippen LogP contribution in [0.1, 0.15) is 68.7 Å². The van der Waals surface area contributed by atoms with Crippen LogP contribution in [0, 0.1) is 0 Å². The van der Waals surface area contributed by atoms with E-state index in [0.717, 1.165) is 49.3 Å². The Hall–Kier alpha value is -2.77. The number of piperidine rings is 1. The molecule has 2 aromatic heterocycles. The van der Waals surface area contributed by atoms with E-state index in [2.05, 4.69) is 10.1 Å². The lowest BCUT2D eigenvalue weighted by Gasteiger charge is -2.35. The minimum absolute atomic E-state index is 0.0267. The Morgan fingerprint density at radius 2 is 2.14 bits per heavy atom. The van der Waals surface area contributed by atoms with Gasteiger partial charge in [0.2, 0.25) is 11.8 Å². The Kier molecular flexibility index (Phi) is 5.60. The number of carbonyl (C=O) groups is 2. The normalized spacial score (nSPS) is 20.3. The lowest BCUT2D eigenvalue weighted by Crippen LogP contribution is -2.39. The highest BCUT2D eigenvalue weighted by Gasteiger charge is 2.30. The topological polar surface area (TPSA) is 84.2 Å². The summed E-state index contributed by atoms with van der Waals surface area (Å²) in [7, 11) is 0. The molecule has 2 atom stereocenters. The molecule has 0 bridgehead atoms. The average molecular weight is 396 g/mol. The van der Waals surface area contributed by atoms with Crippen molar-refractivity contribution in [1.29, 1.82) is 0 Å². The maximum absolute atomic E-state index is 12.7. The van der Waals surface area contributed by atoms with Gasteiger partial charge >= 0.3 is 0 Å². The Morgan fingerprint density at radius 3 is 2.90 bits per heavy atom. The second-order valence-electron chi connectivity index (χ2n) is 8.03. The van der Waals surface area contributed by atoms with Crippen LogP contribution in [0.4, 0.5) is 0 Å². The molecule has 4 heterocycles. The summed E-state index contributed by atoms with van der Waals surface area (Å²) in [4.78, 5) is 37.9. The van der Waals surface area contributed by atoms with Gasteiger partial charge in [0.1, 0.15) is 0 Å². The second-order valence-corrected chi connectivity index (χ2v) is 8.03. The van der Waals surface area contributed by atoms with Gasteiger partial charge in [0.05, 0.1) is 17.8 Å². The second kappa shape index (κ2) is 8.31. The van der Waals surface area contributed by atoms with Crippen LogP contribution in [0.5, 0.6) is 0 Å². The Labute approximate surface area is 170 Å². The number of hydrogen-bond donors (Lipinski definition) is 0. The molecule has 0 aliphatic carbocycles. The van der Waals surface area contributed by atoms with Crippen molar-refractivity contribution in [1.82, 2.24) is 29.5 Å². The first-order valence-electron chi connectivity index (χ1n) is 10.4. The first kappa shape index (κ1) is 19.5. The fraction of sp³-hybridized carbons (Fsp3) is 0.571. The third-order valence-corrected chi connectivity index (χ3v) is 5.96. The molecule has 0 spiro atoms. The van der Waals surface area contributed by atoms with E-state index in [1.54, 1.807) is 13.1 Å². The summed E-state index contributed by atoms with van der Waals surface area (Å²) in [5.41, 5.74) is 2.01. The summed E-state index contributed by atoms with van der Waals surface area (Å²) in [6.07, 6.45) is 9.64. The van der Waals surface area contributed by atoms with Gasteiger partial charge in [-0.2, -0.15) is 5.10 Å². The molecule has 2 aliphatic rings. The molecule has 0 N–H and O–H groups in total. The Morgan fingerprint density at radius 1 is 1.28 bits per heavy atom. The summed E-state index contributed by atoms with van der Waals surface area (Å²) in [6, 6.07) is 1.87. The highest BCUT2D eigenvalue weighted by molar-refractivity contribution is 5.77. The summed E-state index contributed by atoms with van der Waals surface area (Å²) in [5, 5.41) is 4.22. The fourth-order valence-electron chi connectivity index (χ4n) is 4.30. The third-order valence-electron chi connectivity index (χ3n) is 5.96. The van der Waals surface area contributed by atoms with Gasteiger partial charge < -0.3 is 9.80 Å². The van der Waals surface area contributed by atoms with Gasteiger partial charge in [-0.3, -0.25) is 14.3 Å². The van der Waals surface area contributed by atoms with Crippen LogP contribution in [0.2, 0.25) is 0 Å². The van der Waals surface area contributed by atoms with Crippen LogP contribution in [0.15, 0.2) is 24.7 Å². The van der Waals surface area contributed by atoms with E-state index in [1.807, 2.05) is 39.9 Å². The van der Waals surface area contributed by atoms with Crippen molar-refractivity contribution in [3.05, 3.63) is 41.7 Å². The monoisotopic (exact) mass is 396 g/mol.